The highest BCUT2D eigenvalue weighted by molar-refractivity contribution is 5.66. The van der Waals surface area contributed by atoms with Crippen LogP contribution in [0.1, 0.15) is 20.8 Å². The summed E-state index contributed by atoms with van der Waals surface area (Å²) in [7, 11) is 0. The molecule has 0 aliphatic heterocycles. The average molecular weight is 266 g/mol. The Morgan fingerprint density at radius 1 is 1.42 bits per heavy atom. The van der Waals surface area contributed by atoms with E-state index in [1.807, 2.05) is 6.92 Å². The zero-order valence-corrected chi connectivity index (χ0v) is 11.7. The lowest BCUT2D eigenvalue weighted by molar-refractivity contribution is -0.383. The molecular weight excluding hydrogens is 244 g/mol. The molecule has 0 aliphatic carbocycles. The lowest BCUT2D eigenvalue weighted by atomic mass is 9.93. The van der Waals surface area contributed by atoms with Gasteiger partial charge in [-0.15, -0.1) is 0 Å². The number of hydrogen-bond acceptors (Lipinski definition) is 5. The molecule has 0 aliphatic rings. The highest BCUT2D eigenvalue weighted by Gasteiger charge is 2.21. The molecule has 0 spiro atoms. The fourth-order valence-electron chi connectivity index (χ4n) is 1.87. The third-order valence-electron chi connectivity index (χ3n) is 3.13. The lowest BCUT2D eigenvalue weighted by Crippen LogP contribution is -2.38. The minimum absolute atomic E-state index is 0.0213. The molecule has 0 amide bonds. The van der Waals surface area contributed by atoms with Crippen molar-refractivity contribution < 1.29 is 4.92 Å². The first-order valence-electron chi connectivity index (χ1n) is 6.29. The Balaban J connectivity index is 3.00. The van der Waals surface area contributed by atoms with Gasteiger partial charge in [-0.2, -0.15) is 0 Å². The minimum Gasteiger partial charge on any atom is -0.393 e. The molecule has 0 saturated carbocycles. The molecule has 0 radical (unpaired) electrons. The van der Waals surface area contributed by atoms with Crippen molar-refractivity contribution in [3.8, 4) is 0 Å². The molecule has 0 atom stereocenters. The van der Waals surface area contributed by atoms with Crippen molar-refractivity contribution in [2.24, 2.45) is 11.1 Å². The maximum absolute atomic E-state index is 10.7. The van der Waals surface area contributed by atoms with Crippen LogP contribution in [0.15, 0.2) is 18.2 Å². The van der Waals surface area contributed by atoms with Crippen LogP contribution in [0, 0.1) is 15.5 Å². The molecule has 0 heterocycles. The summed E-state index contributed by atoms with van der Waals surface area (Å²) in [5.41, 5.74) is 12.4. The molecule has 6 nitrogen and oxygen atoms in total. The van der Waals surface area contributed by atoms with Crippen molar-refractivity contribution in [1.29, 1.82) is 0 Å². The van der Waals surface area contributed by atoms with Gasteiger partial charge in [0.05, 0.1) is 4.92 Å². The molecule has 1 rings (SSSR count). The van der Waals surface area contributed by atoms with Gasteiger partial charge in [0.15, 0.2) is 0 Å². The molecule has 1 aromatic carbocycles. The molecule has 4 N–H and O–H groups in total. The monoisotopic (exact) mass is 266 g/mol. The Morgan fingerprint density at radius 3 is 2.47 bits per heavy atom. The van der Waals surface area contributed by atoms with Gasteiger partial charge in [-0.05, 0) is 31.0 Å². The van der Waals surface area contributed by atoms with Crippen LogP contribution in [0.5, 0.6) is 0 Å². The first-order valence-corrected chi connectivity index (χ1v) is 6.29. The van der Waals surface area contributed by atoms with Gasteiger partial charge in [0.2, 0.25) is 0 Å². The van der Waals surface area contributed by atoms with Crippen molar-refractivity contribution >= 4 is 17.1 Å². The van der Waals surface area contributed by atoms with Gasteiger partial charge in [-0.25, -0.2) is 0 Å². The van der Waals surface area contributed by atoms with Crippen LogP contribution in [0.25, 0.3) is 0 Å². The van der Waals surface area contributed by atoms with Gasteiger partial charge >= 0.3 is 0 Å². The summed E-state index contributed by atoms with van der Waals surface area (Å²) in [6, 6.07) is 4.82. The van der Waals surface area contributed by atoms with E-state index < -0.39 is 4.92 Å². The second-order valence-electron chi connectivity index (χ2n) is 5.38. The highest BCUT2D eigenvalue weighted by atomic mass is 16.6. The van der Waals surface area contributed by atoms with Gasteiger partial charge in [-0.1, -0.05) is 13.8 Å². The van der Waals surface area contributed by atoms with Gasteiger partial charge < -0.3 is 16.4 Å². The zero-order chi connectivity index (χ0) is 14.6. The van der Waals surface area contributed by atoms with Crippen molar-refractivity contribution in [1.82, 2.24) is 0 Å². The number of hydrogen-bond donors (Lipinski definition) is 2. The number of nitro groups is 1. The third-order valence-corrected chi connectivity index (χ3v) is 3.13. The predicted octanol–water partition coefficient (Wildman–Crippen LogP) is 1.99. The number of anilines is 2. The Morgan fingerprint density at radius 2 is 2.05 bits per heavy atom. The van der Waals surface area contributed by atoms with E-state index in [0.717, 1.165) is 18.8 Å². The van der Waals surface area contributed by atoms with Crippen LogP contribution in [0.4, 0.5) is 17.1 Å². The highest BCUT2D eigenvalue weighted by Crippen LogP contribution is 2.28. The molecule has 0 unspecified atom stereocenters. The molecule has 0 fully saturated rings. The van der Waals surface area contributed by atoms with Crippen molar-refractivity contribution in [2.75, 3.05) is 30.3 Å². The number of benzene rings is 1. The molecule has 0 saturated heterocycles. The van der Waals surface area contributed by atoms with E-state index in [9.17, 15) is 10.1 Å². The summed E-state index contributed by atoms with van der Waals surface area (Å²) in [6.45, 7) is 8.35. The Labute approximate surface area is 113 Å². The summed E-state index contributed by atoms with van der Waals surface area (Å²) in [5.74, 6) is 0. The molecule has 6 heteroatoms. The predicted molar refractivity (Wildman–Crippen MR) is 78.2 cm³/mol. The van der Waals surface area contributed by atoms with E-state index >= 15 is 0 Å². The Bertz CT molecular complexity index is 460. The molecule has 106 valence electrons. The van der Waals surface area contributed by atoms with E-state index in [4.69, 9.17) is 11.5 Å². The Kier molecular flexibility index (Phi) is 4.72. The van der Waals surface area contributed by atoms with Crippen LogP contribution >= 0.6 is 0 Å². The van der Waals surface area contributed by atoms with Crippen LogP contribution in [0.2, 0.25) is 0 Å². The lowest BCUT2D eigenvalue weighted by Gasteiger charge is -2.32. The van der Waals surface area contributed by atoms with E-state index in [2.05, 4.69) is 18.7 Å². The van der Waals surface area contributed by atoms with Gasteiger partial charge in [-0.3, -0.25) is 10.1 Å². The van der Waals surface area contributed by atoms with Gasteiger partial charge in [0.1, 0.15) is 5.69 Å². The fraction of sp³-hybridized carbons (Fsp3) is 0.538. The standard InChI is InChI=1S/C13H22N4O2/c1-4-16(9-13(2,3)8-14)10-5-6-12(17(18)19)11(15)7-10/h5-7H,4,8-9,14-15H2,1-3H3. The number of nitrogens with zero attached hydrogens (tertiary/aromatic N) is 2. The molecule has 0 aromatic heterocycles. The van der Waals surface area contributed by atoms with E-state index in [-0.39, 0.29) is 16.8 Å². The van der Waals surface area contributed by atoms with E-state index in [0.29, 0.717) is 6.54 Å². The number of nitrogen functional groups attached to an aromatic ring is 1. The maximum Gasteiger partial charge on any atom is 0.292 e. The summed E-state index contributed by atoms with van der Waals surface area (Å²) in [5, 5.41) is 10.7. The fourth-order valence-corrected chi connectivity index (χ4v) is 1.87. The summed E-state index contributed by atoms with van der Waals surface area (Å²) in [4.78, 5) is 12.4. The van der Waals surface area contributed by atoms with Crippen molar-refractivity contribution in [3.05, 3.63) is 28.3 Å². The third kappa shape index (κ3) is 3.82. The van der Waals surface area contributed by atoms with Crippen molar-refractivity contribution in [3.63, 3.8) is 0 Å². The average Bonchev–Trinajstić information content (AvgIpc) is 2.35. The van der Waals surface area contributed by atoms with Crippen LogP contribution in [-0.4, -0.2) is 24.6 Å². The SMILES string of the molecule is CCN(CC(C)(C)CN)c1ccc([N+](=O)[O-])c(N)c1. The second kappa shape index (κ2) is 5.88. The molecule has 0 bridgehead atoms. The van der Waals surface area contributed by atoms with Crippen LogP contribution in [-0.2, 0) is 0 Å². The summed E-state index contributed by atoms with van der Waals surface area (Å²) in [6.07, 6.45) is 0. The number of nitro benzene ring substituents is 1. The van der Waals surface area contributed by atoms with Crippen LogP contribution in [0.3, 0.4) is 0 Å². The normalized spacial score (nSPS) is 11.4. The smallest absolute Gasteiger partial charge is 0.292 e. The zero-order valence-electron chi connectivity index (χ0n) is 11.7. The van der Waals surface area contributed by atoms with Crippen LogP contribution < -0.4 is 16.4 Å². The largest absolute Gasteiger partial charge is 0.393 e. The summed E-state index contributed by atoms with van der Waals surface area (Å²) < 4.78 is 0. The van der Waals surface area contributed by atoms with Crippen molar-refractivity contribution in [2.45, 2.75) is 20.8 Å². The number of nitrogens with two attached hydrogens (primary N) is 2. The summed E-state index contributed by atoms with van der Waals surface area (Å²) >= 11 is 0. The number of rotatable bonds is 6. The topological polar surface area (TPSA) is 98.4 Å². The van der Waals surface area contributed by atoms with Gasteiger partial charge in [0, 0.05) is 24.8 Å². The van der Waals surface area contributed by atoms with E-state index in [1.165, 1.54) is 6.07 Å². The molecule has 1 aromatic rings. The Hall–Kier alpha value is -1.82. The molecular formula is C13H22N4O2. The first-order chi connectivity index (χ1) is 8.80. The molecule has 19 heavy (non-hydrogen) atoms. The first kappa shape index (κ1) is 15.2. The van der Waals surface area contributed by atoms with Gasteiger partial charge in [0.25, 0.3) is 5.69 Å². The second-order valence-corrected chi connectivity index (χ2v) is 5.38. The quantitative estimate of drug-likeness (QED) is 0.466. The maximum atomic E-state index is 10.7. The van der Waals surface area contributed by atoms with E-state index in [1.54, 1.807) is 12.1 Å². The minimum atomic E-state index is -0.473.